The molecule has 1 aliphatic rings. The van der Waals surface area contributed by atoms with Gasteiger partial charge in [-0.1, -0.05) is 32.0 Å². The normalized spacial score (nSPS) is 22.4. The van der Waals surface area contributed by atoms with Crippen LogP contribution in [0.2, 0.25) is 0 Å². The second-order valence-corrected chi connectivity index (χ2v) is 5.17. The Morgan fingerprint density at radius 3 is 2.69 bits per heavy atom. The predicted molar refractivity (Wildman–Crippen MR) is 60.4 cm³/mol. The lowest BCUT2D eigenvalue weighted by atomic mass is 10.1. The molecule has 1 aliphatic carbocycles. The average molecular weight is 225 g/mol. The third-order valence-electron chi connectivity index (χ3n) is 3.27. The van der Waals surface area contributed by atoms with Gasteiger partial charge in [0.25, 0.3) is 6.43 Å². The summed E-state index contributed by atoms with van der Waals surface area (Å²) in [5.41, 5.74) is 1.41. The zero-order chi connectivity index (χ0) is 11.8. The predicted octanol–water partition coefficient (Wildman–Crippen LogP) is 3.51. The molecule has 3 heteroatoms. The number of alkyl halides is 2. The Balaban J connectivity index is 1.92. The lowest BCUT2D eigenvalue weighted by Crippen LogP contribution is -2.19. The molecule has 0 spiro atoms. The molecule has 1 fully saturated rings. The number of nitrogens with one attached hydrogen (secondary N) is 1. The van der Waals surface area contributed by atoms with Crippen LogP contribution in [0, 0.1) is 5.41 Å². The summed E-state index contributed by atoms with van der Waals surface area (Å²) in [4.78, 5) is 0. The number of hydrogen-bond acceptors (Lipinski definition) is 1. The van der Waals surface area contributed by atoms with Crippen LogP contribution in [0.4, 0.5) is 8.78 Å². The molecule has 88 valence electrons. The molecule has 1 atom stereocenters. The van der Waals surface area contributed by atoms with Crippen molar-refractivity contribution in [3.8, 4) is 0 Å². The summed E-state index contributed by atoms with van der Waals surface area (Å²) in [6.45, 7) is 5.09. The van der Waals surface area contributed by atoms with Crippen LogP contribution in [-0.4, -0.2) is 6.04 Å². The van der Waals surface area contributed by atoms with Crippen LogP contribution < -0.4 is 5.32 Å². The molecule has 1 nitrogen and oxygen atoms in total. The molecular weight excluding hydrogens is 208 g/mol. The highest BCUT2D eigenvalue weighted by Crippen LogP contribution is 2.44. The lowest BCUT2D eigenvalue weighted by Gasteiger charge is -2.08. The van der Waals surface area contributed by atoms with Gasteiger partial charge in [0.05, 0.1) is 0 Å². The van der Waals surface area contributed by atoms with Crippen molar-refractivity contribution in [2.45, 2.75) is 39.3 Å². The summed E-state index contributed by atoms with van der Waals surface area (Å²) >= 11 is 0. The van der Waals surface area contributed by atoms with Crippen LogP contribution >= 0.6 is 0 Å². The molecule has 0 aliphatic heterocycles. The van der Waals surface area contributed by atoms with E-state index in [-0.39, 0.29) is 5.56 Å². The largest absolute Gasteiger partial charge is 0.309 e. The molecule has 1 aromatic carbocycles. The third-order valence-corrected chi connectivity index (χ3v) is 3.27. The van der Waals surface area contributed by atoms with E-state index in [9.17, 15) is 8.78 Å². The Kier molecular flexibility index (Phi) is 2.98. The summed E-state index contributed by atoms with van der Waals surface area (Å²) in [5, 5.41) is 3.38. The van der Waals surface area contributed by atoms with E-state index in [1.54, 1.807) is 12.1 Å². The van der Waals surface area contributed by atoms with Crippen LogP contribution in [0.15, 0.2) is 24.3 Å². The quantitative estimate of drug-likeness (QED) is 0.826. The molecule has 16 heavy (non-hydrogen) atoms. The molecule has 1 saturated carbocycles. The van der Waals surface area contributed by atoms with Crippen molar-refractivity contribution in [3.05, 3.63) is 35.4 Å². The Hall–Kier alpha value is -0.960. The second-order valence-electron chi connectivity index (χ2n) is 5.17. The number of hydrogen-bond donors (Lipinski definition) is 1. The molecule has 2 rings (SSSR count). The van der Waals surface area contributed by atoms with Gasteiger partial charge < -0.3 is 5.32 Å². The Bertz CT molecular complexity index is 374. The van der Waals surface area contributed by atoms with Crippen LogP contribution in [0.1, 0.15) is 37.8 Å². The minimum Gasteiger partial charge on any atom is -0.309 e. The maximum atomic E-state index is 12.5. The zero-order valence-corrected chi connectivity index (χ0v) is 9.63. The van der Waals surface area contributed by atoms with Crippen LogP contribution in [0.5, 0.6) is 0 Å². The number of rotatable bonds is 4. The standard InChI is InChI=1S/C13H17F2N/c1-13(2)7-11(13)16-8-9-4-3-5-10(6-9)12(14)15/h3-6,11-12,16H,7-8H2,1-2H3. The first-order valence-corrected chi connectivity index (χ1v) is 5.59. The van der Waals surface area contributed by atoms with E-state index in [2.05, 4.69) is 19.2 Å². The van der Waals surface area contributed by atoms with Crippen LogP contribution in [0.25, 0.3) is 0 Å². The van der Waals surface area contributed by atoms with Gasteiger partial charge in [0, 0.05) is 18.2 Å². The maximum Gasteiger partial charge on any atom is 0.263 e. The molecule has 0 saturated heterocycles. The fraction of sp³-hybridized carbons (Fsp3) is 0.538. The summed E-state index contributed by atoms with van der Waals surface area (Å²) < 4.78 is 24.9. The van der Waals surface area contributed by atoms with Crippen LogP contribution in [-0.2, 0) is 6.54 Å². The van der Waals surface area contributed by atoms with Crippen molar-refractivity contribution in [3.63, 3.8) is 0 Å². The first-order chi connectivity index (χ1) is 7.49. The Morgan fingerprint density at radius 2 is 2.12 bits per heavy atom. The number of benzene rings is 1. The first kappa shape index (κ1) is 11.5. The van der Waals surface area contributed by atoms with Crippen molar-refractivity contribution in [2.75, 3.05) is 0 Å². The minimum absolute atomic E-state index is 0.106. The monoisotopic (exact) mass is 225 g/mol. The van der Waals surface area contributed by atoms with Gasteiger partial charge in [0.1, 0.15) is 0 Å². The fourth-order valence-corrected chi connectivity index (χ4v) is 1.90. The molecule has 0 heterocycles. The lowest BCUT2D eigenvalue weighted by molar-refractivity contribution is 0.151. The van der Waals surface area contributed by atoms with E-state index in [4.69, 9.17) is 0 Å². The molecule has 0 radical (unpaired) electrons. The molecule has 1 unspecified atom stereocenters. The van der Waals surface area contributed by atoms with Gasteiger partial charge in [-0.15, -0.1) is 0 Å². The van der Waals surface area contributed by atoms with E-state index in [0.717, 1.165) is 5.56 Å². The molecule has 1 aromatic rings. The first-order valence-electron chi connectivity index (χ1n) is 5.59. The van der Waals surface area contributed by atoms with Gasteiger partial charge in [-0.3, -0.25) is 0 Å². The SMILES string of the molecule is CC1(C)CC1NCc1cccc(C(F)F)c1. The highest BCUT2D eigenvalue weighted by Gasteiger charge is 2.44. The second kappa shape index (κ2) is 4.13. The molecule has 0 bridgehead atoms. The molecule has 1 N–H and O–H groups in total. The zero-order valence-electron chi connectivity index (χ0n) is 9.63. The topological polar surface area (TPSA) is 12.0 Å². The Morgan fingerprint density at radius 1 is 1.44 bits per heavy atom. The van der Waals surface area contributed by atoms with Gasteiger partial charge in [-0.2, -0.15) is 0 Å². The highest BCUT2D eigenvalue weighted by molar-refractivity contribution is 5.24. The van der Waals surface area contributed by atoms with Gasteiger partial charge in [-0.25, -0.2) is 8.78 Å². The maximum absolute atomic E-state index is 12.5. The molecule has 0 amide bonds. The smallest absolute Gasteiger partial charge is 0.263 e. The van der Waals surface area contributed by atoms with E-state index in [0.29, 0.717) is 18.0 Å². The van der Waals surface area contributed by atoms with Crippen molar-refractivity contribution < 1.29 is 8.78 Å². The summed E-state index contributed by atoms with van der Waals surface area (Å²) in [5.74, 6) is 0. The van der Waals surface area contributed by atoms with E-state index in [1.165, 1.54) is 12.5 Å². The highest BCUT2D eigenvalue weighted by atomic mass is 19.3. The van der Waals surface area contributed by atoms with Crippen molar-refractivity contribution in [1.82, 2.24) is 5.32 Å². The summed E-state index contributed by atoms with van der Waals surface area (Å²) in [7, 11) is 0. The van der Waals surface area contributed by atoms with E-state index >= 15 is 0 Å². The fourth-order valence-electron chi connectivity index (χ4n) is 1.90. The van der Waals surface area contributed by atoms with Crippen molar-refractivity contribution in [1.29, 1.82) is 0 Å². The van der Waals surface area contributed by atoms with Gasteiger partial charge in [0.15, 0.2) is 0 Å². The van der Waals surface area contributed by atoms with Gasteiger partial charge >= 0.3 is 0 Å². The minimum atomic E-state index is -2.38. The average Bonchev–Trinajstić information content (AvgIpc) is 2.84. The van der Waals surface area contributed by atoms with Gasteiger partial charge in [-0.05, 0) is 23.5 Å². The van der Waals surface area contributed by atoms with Crippen LogP contribution in [0.3, 0.4) is 0 Å². The summed E-state index contributed by atoms with van der Waals surface area (Å²) in [6, 6.07) is 7.15. The van der Waals surface area contributed by atoms with Crippen molar-refractivity contribution in [2.24, 2.45) is 5.41 Å². The number of halogens is 2. The van der Waals surface area contributed by atoms with Crippen molar-refractivity contribution >= 4 is 0 Å². The van der Waals surface area contributed by atoms with Gasteiger partial charge in [0.2, 0.25) is 0 Å². The summed E-state index contributed by atoms with van der Waals surface area (Å²) in [6.07, 6.45) is -1.21. The Labute approximate surface area is 94.9 Å². The molecular formula is C13H17F2N. The molecule has 0 aromatic heterocycles. The van der Waals surface area contributed by atoms with E-state index < -0.39 is 6.43 Å². The van der Waals surface area contributed by atoms with E-state index in [1.807, 2.05) is 6.07 Å². The third kappa shape index (κ3) is 2.59.